The van der Waals surface area contributed by atoms with Crippen LogP contribution in [0.2, 0.25) is 0 Å². The van der Waals surface area contributed by atoms with Gasteiger partial charge in [0.25, 0.3) is 11.6 Å². The summed E-state index contributed by atoms with van der Waals surface area (Å²) in [5.74, 6) is -3.22. The molecule has 0 aliphatic rings. The number of nitro groups is 1. The van der Waals surface area contributed by atoms with Gasteiger partial charge in [-0.1, -0.05) is 13.8 Å². The van der Waals surface area contributed by atoms with Crippen LogP contribution in [0.3, 0.4) is 0 Å². The van der Waals surface area contributed by atoms with Gasteiger partial charge in [0.1, 0.15) is 18.2 Å². The van der Waals surface area contributed by atoms with Crippen molar-refractivity contribution in [2.75, 3.05) is 11.4 Å². The monoisotopic (exact) mass is 550 g/mol. The molecule has 4 atom stereocenters. The van der Waals surface area contributed by atoms with Crippen molar-refractivity contribution in [1.82, 2.24) is 5.32 Å². The van der Waals surface area contributed by atoms with E-state index in [1.165, 1.54) is 19.1 Å². The van der Waals surface area contributed by atoms with Gasteiger partial charge >= 0.3 is 5.97 Å². The van der Waals surface area contributed by atoms with E-state index in [1.54, 1.807) is 0 Å². The van der Waals surface area contributed by atoms with Crippen LogP contribution in [0.15, 0.2) is 29.3 Å². The fraction of sp³-hybridized carbons (Fsp3) is 0.542. The molecule has 0 aromatic heterocycles. The fourth-order valence-electron chi connectivity index (χ4n) is 3.82. The number of ether oxygens (including phenoxy) is 1. The molecule has 3 amide bonds. The minimum absolute atomic E-state index is 0.00428. The Bertz CT molecular complexity index is 1060. The van der Waals surface area contributed by atoms with Crippen molar-refractivity contribution < 1.29 is 28.8 Å². The number of esters is 1. The summed E-state index contributed by atoms with van der Waals surface area (Å²) in [6, 6.07) is 1.10. The molecule has 0 aliphatic heterocycles. The lowest BCUT2D eigenvalue weighted by molar-refractivity contribution is -0.384. The number of carbonyl (C=O) groups is 4. The minimum atomic E-state index is -1.48. The maximum atomic E-state index is 14.0. The number of non-ortho nitro benzene ring substituents is 1. The Morgan fingerprint density at radius 3 is 2.15 bits per heavy atom. The topological polar surface area (TPSA) is 252 Å². The summed E-state index contributed by atoms with van der Waals surface area (Å²) in [7, 11) is 0. The molecule has 0 unspecified atom stereocenters. The van der Waals surface area contributed by atoms with Crippen LogP contribution in [0.1, 0.15) is 47.0 Å². The van der Waals surface area contributed by atoms with E-state index < -0.39 is 52.8 Å². The van der Waals surface area contributed by atoms with E-state index in [1.807, 2.05) is 13.8 Å². The maximum absolute atomic E-state index is 14.0. The van der Waals surface area contributed by atoms with Crippen LogP contribution in [0.5, 0.6) is 0 Å². The highest BCUT2D eigenvalue weighted by Crippen LogP contribution is 2.25. The van der Waals surface area contributed by atoms with E-state index in [0.717, 1.165) is 24.0 Å². The van der Waals surface area contributed by atoms with Gasteiger partial charge in [0.15, 0.2) is 5.96 Å². The number of aliphatic imine (C=N–C) groups is 1. The van der Waals surface area contributed by atoms with Gasteiger partial charge in [0.2, 0.25) is 11.8 Å². The van der Waals surface area contributed by atoms with E-state index >= 15 is 0 Å². The van der Waals surface area contributed by atoms with Gasteiger partial charge in [-0.05, 0) is 44.2 Å². The Hall–Kier alpha value is -4.27. The molecule has 0 saturated heterocycles. The van der Waals surface area contributed by atoms with Crippen molar-refractivity contribution in [2.24, 2.45) is 33.8 Å². The van der Waals surface area contributed by atoms with Crippen LogP contribution in [-0.2, 0) is 23.9 Å². The molecular weight excluding hydrogens is 512 g/mol. The van der Waals surface area contributed by atoms with Crippen LogP contribution in [0.4, 0.5) is 11.4 Å². The summed E-state index contributed by atoms with van der Waals surface area (Å²) in [6.07, 6.45) is -0.626. The van der Waals surface area contributed by atoms with E-state index in [9.17, 15) is 29.3 Å². The number of rotatable bonds is 15. The summed E-state index contributed by atoms with van der Waals surface area (Å²) >= 11 is 0. The third-order valence-electron chi connectivity index (χ3n) is 5.59. The van der Waals surface area contributed by atoms with Crippen LogP contribution >= 0.6 is 0 Å². The predicted octanol–water partition coefficient (Wildman–Crippen LogP) is -0.355. The first kappa shape index (κ1) is 32.8. The average Bonchev–Trinajstić information content (AvgIpc) is 2.82. The molecule has 0 fully saturated rings. The number of guanidine groups is 1. The molecule has 0 radical (unpaired) electrons. The molecule has 0 aliphatic carbocycles. The van der Waals surface area contributed by atoms with Crippen molar-refractivity contribution >= 4 is 41.0 Å². The van der Waals surface area contributed by atoms with Gasteiger partial charge in [-0.2, -0.15) is 0 Å². The van der Waals surface area contributed by atoms with Crippen molar-refractivity contribution in [3.8, 4) is 0 Å². The first-order valence-corrected chi connectivity index (χ1v) is 12.3. The fourth-order valence-corrected chi connectivity index (χ4v) is 3.82. The van der Waals surface area contributed by atoms with Gasteiger partial charge in [0, 0.05) is 31.3 Å². The molecule has 1 aromatic rings. The second kappa shape index (κ2) is 15.2. The van der Waals surface area contributed by atoms with Crippen LogP contribution in [-0.4, -0.2) is 65.3 Å². The first-order valence-electron chi connectivity index (χ1n) is 12.3. The second-order valence-electron chi connectivity index (χ2n) is 9.39. The maximum Gasteiger partial charge on any atom is 0.302 e. The highest BCUT2D eigenvalue weighted by Gasteiger charge is 2.39. The third kappa shape index (κ3) is 10.6. The number of nitrogens with two attached hydrogens (primary N) is 4. The van der Waals surface area contributed by atoms with E-state index in [0.29, 0.717) is 6.42 Å². The van der Waals surface area contributed by atoms with Crippen LogP contribution in [0.25, 0.3) is 0 Å². The zero-order valence-electron chi connectivity index (χ0n) is 22.5. The molecule has 15 heteroatoms. The molecule has 1 aromatic carbocycles. The number of amides is 3. The molecule has 15 nitrogen and oxygen atoms in total. The molecule has 9 N–H and O–H groups in total. The summed E-state index contributed by atoms with van der Waals surface area (Å²) in [6.45, 7) is 6.39. The number of primary amides is 1. The second-order valence-corrected chi connectivity index (χ2v) is 9.39. The molecule has 39 heavy (non-hydrogen) atoms. The number of anilines is 1. The standard InChI is InChI=1S/C24H38N8O7/c1-13(2)12-18(25)22(35)30-20(14(3)39-15(4)33)23(36)31(16-7-9-17(10-8-16)32(37)38)19(21(26)34)6-5-11-29-24(27)28/h7-10,13-14,18-20H,5-6,11-12,25H2,1-4H3,(H2,26,34)(H,30,35)(H4,27,28,29)/t14-,18-,19+,20+/m1/s1. The summed E-state index contributed by atoms with van der Waals surface area (Å²) in [5.41, 5.74) is 22.2. The van der Waals surface area contributed by atoms with Gasteiger partial charge < -0.3 is 33.0 Å². The molecule has 1 rings (SSSR count). The number of nitro benzene ring substituents is 1. The lowest BCUT2D eigenvalue weighted by Gasteiger charge is -2.35. The third-order valence-corrected chi connectivity index (χ3v) is 5.59. The highest BCUT2D eigenvalue weighted by atomic mass is 16.6. The average molecular weight is 551 g/mol. The highest BCUT2D eigenvalue weighted by molar-refractivity contribution is 6.05. The zero-order chi connectivity index (χ0) is 29.9. The van der Waals surface area contributed by atoms with Gasteiger partial charge in [-0.15, -0.1) is 0 Å². The number of carbonyl (C=O) groups excluding carboxylic acids is 4. The van der Waals surface area contributed by atoms with E-state index in [2.05, 4.69) is 10.3 Å². The summed E-state index contributed by atoms with van der Waals surface area (Å²) in [5, 5.41) is 13.7. The predicted molar refractivity (Wildman–Crippen MR) is 144 cm³/mol. The van der Waals surface area contributed by atoms with E-state index in [4.69, 9.17) is 27.7 Å². The molecule has 0 spiro atoms. The quantitative estimate of drug-likeness (QED) is 0.0473. The normalized spacial score (nSPS) is 13.9. The Morgan fingerprint density at radius 2 is 1.69 bits per heavy atom. The zero-order valence-corrected chi connectivity index (χ0v) is 22.5. The summed E-state index contributed by atoms with van der Waals surface area (Å²) in [4.78, 5) is 66.6. The van der Waals surface area contributed by atoms with Gasteiger partial charge in [-0.25, -0.2) is 0 Å². The molecule has 0 bridgehead atoms. The lowest BCUT2D eigenvalue weighted by Crippen LogP contribution is -2.61. The Kier molecular flexibility index (Phi) is 12.8. The van der Waals surface area contributed by atoms with Gasteiger partial charge in [-0.3, -0.25) is 39.2 Å². The Labute approximate surface area is 226 Å². The summed E-state index contributed by atoms with van der Waals surface area (Å²) < 4.78 is 5.20. The smallest absolute Gasteiger partial charge is 0.302 e. The minimum Gasteiger partial charge on any atom is -0.460 e. The number of nitrogens with one attached hydrogen (secondary N) is 1. The molecular formula is C24H38N8O7. The van der Waals surface area contributed by atoms with Gasteiger partial charge in [0.05, 0.1) is 11.0 Å². The Balaban J connectivity index is 3.57. The van der Waals surface area contributed by atoms with Crippen LogP contribution in [0, 0.1) is 16.0 Å². The molecule has 0 saturated carbocycles. The van der Waals surface area contributed by atoms with Crippen molar-refractivity contribution in [2.45, 2.75) is 71.2 Å². The van der Waals surface area contributed by atoms with Crippen LogP contribution < -0.4 is 33.2 Å². The van der Waals surface area contributed by atoms with Crippen molar-refractivity contribution in [1.29, 1.82) is 0 Å². The lowest BCUT2D eigenvalue weighted by atomic mass is 10.0. The SMILES string of the molecule is CC(=O)O[C@H](C)[C@H](NC(=O)[C@H](N)CC(C)C)C(=O)N(c1ccc([N+](=O)[O-])cc1)[C@@H](CCCN=C(N)N)C(N)=O. The first-order chi connectivity index (χ1) is 18.1. The van der Waals surface area contributed by atoms with Crippen molar-refractivity contribution in [3.63, 3.8) is 0 Å². The molecule has 0 heterocycles. The number of benzene rings is 1. The van der Waals surface area contributed by atoms with Crippen molar-refractivity contribution in [3.05, 3.63) is 34.4 Å². The molecule has 216 valence electrons. The van der Waals surface area contributed by atoms with E-state index in [-0.39, 0.29) is 42.6 Å². The number of nitrogens with zero attached hydrogens (tertiary/aromatic N) is 3. The number of hydrogen-bond donors (Lipinski definition) is 5. The Morgan fingerprint density at radius 1 is 1.10 bits per heavy atom. The largest absolute Gasteiger partial charge is 0.460 e. The number of hydrogen-bond acceptors (Lipinski definition) is 9.